The molecule has 0 aliphatic carbocycles. The Morgan fingerprint density at radius 3 is 2.76 bits per heavy atom. The third kappa shape index (κ3) is 4.68. The largest absolute Gasteiger partial charge is 0.480 e. The van der Waals surface area contributed by atoms with E-state index in [1.165, 1.54) is 25.3 Å². The first-order valence-corrected chi connectivity index (χ1v) is 7.66. The van der Waals surface area contributed by atoms with Crippen molar-refractivity contribution in [1.29, 1.82) is 0 Å². The molecule has 8 nitrogen and oxygen atoms in total. The molecule has 1 heterocycles. The molecule has 1 amide bonds. The predicted octanol–water partition coefficient (Wildman–Crippen LogP) is 1.03. The minimum Gasteiger partial charge on any atom is -0.480 e. The van der Waals surface area contributed by atoms with Crippen LogP contribution in [0.25, 0.3) is 6.08 Å². The molecule has 25 heavy (non-hydrogen) atoms. The molecule has 10 heteroatoms. The number of nitrogens with one attached hydrogen (secondary N) is 1. The third-order valence-corrected chi connectivity index (χ3v) is 3.71. The van der Waals surface area contributed by atoms with Crippen molar-refractivity contribution in [2.75, 3.05) is 20.3 Å². The molecule has 0 spiro atoms. The highest BCUT2D eigenvalue weighted by molar-refractivity contribution is 7.80. The maximum absolute atomic E-state index is 12.3. The molecule has 0 radical (unpaired) electrons. The summed E-state index contributed by atoms with van der Waals surface area (Å²) in [7, 11) is 1.21. The molecule has 2 rings (SSSR count). The van der Waals surface area contributed by atoms with Crippen LogP contribution in [0, 0.1) is 0 Å². The summed E-state index contributed by atoms with van der Waals surface area (Å²) in [6, 6.07) is 4.59. The van der Waals surface area contributed by atoms with E-state index in [1.54, 1.807) is 6.07 Å². The van der Waals surface area contributed by atoms with E-state index < -0.39 is 24.5 Å². The van der Waals surface area contributed by atoms with E-state index in [0.717, 1.165) is 4.90 Å². The number of aliphatic carboxylic acids is 1. The van der Waals surface area contributed by atoms with Crippen molar-refractivity contribution in [1.82, 2.24) is 10.2 Å². The molecule has 1 aromatic carbocycles. The number of carboxylic acid groups (broad SMARTS) is 1. The standard InChI is InChI=1S/C15H13ClN2O6S/c1-23-13(21)6-18-14(22)10(17-15(18)25)5-8-2-3-11(9(16)4-8)24-7-12(19)20/h2-5H,6-7H2,1H3,(H,17,25)(H,19,20)/b10-5-. The average Bonchev–Trinajstić information content (AvgIpc) is 2.81. The van der Waals surface area contributed by atoms with Gasteiger partial charge in [-0.15, -0.1) is 0 Å². The zero-order chi connectivity index (χ0) is 18.6. The Labute approximate surface area is 152 Å². The highest BCUT2D eigenvalue weighted by Crippen LogP contribution is 2.27. The molecule has 1 aliphatic heterocycles. The lowest BCUT2D eigenvalue weighted by Crippen LogP contribution is -2.35. The summed E-state index contributed by atoms with van der Waals surface area (Å²) in [4.78, 5) is 35.2. The van der Waals surface area contributed by atoms with Crippen LogP contribution < -0.4 is 10.1 Å². The first-order valence-electron chi connectivity index (χ1n) is 6.87. The van der Waals surface area contributed by atoms with Crippen LogP contribution in [0.4, 0.5) is 0 Å². The molecular weight excluding hydrogens is 372 g/mol. The van der Waals surface area contributed by atoms with Gasteiger partial charge < -0.3 is 19.9 Å². The smallest absolute Gasteiger partial charge is 0.341 e. The number of carbonyl (C=O) groups is 3. The van der Waals surface area contributed by atoms with Crippen LogP contribution in [0.5, 0.6) is 5.75 Å². The van der Waals surface area contributed by atoms with Crippen LogP contribution in [0.3, 0.4) is 0 Å². The lowest BCUT2D eigenvalue weighted by Gasteiger charge is -2.11. The summed E-state index contributed by atoms with van der Waals surface area (Å²) in [5, 5.41) is 11.6. The second kappa shape index (κ2) is 7.95. The first kappa shape index (κ1) is 18.7. The number of halogens is 1. The van der Waals surface area contributed by atoms with E-state index in [1.807, 2.05) is 0 Å². The van der Waals surface area contributed by atoms with Gasteiger partial charge in [-0.1, -0.05) is 17.7 Å². The van der Waals surface area contributed by atoms with Gasteiger partial charge in [-0.2, -0.15) is 0 Å². The van der Waals surface area contributed by atoms with Crippen molar-refractivity contribution in [2.24, 2.45) is 0 Å². The second-order valence-corrected chi connectivity index (χ2v) is 5.62. The molecule has 0 unspecified atom stereocenters. The predicted molar refractivity (Wildman–Crippen MR) is 92.0 cm³/mol. The van der Waals surface area contributed by atoms with Gasteiger partial charge in [0.15, 0.2) is 11.7 Å². The van der Waals surface area contributed by atoms with Gasteiger partial charge in [0.1, 0.15) is 18.0 Å². The van der Waals surface area contributed by atoms with Gasteiger partial charge in [-0.05, 0) is 36.0 Å². The van der Waals surface area contributed by atoms with Gasteiger partial charge in [0.2, 0.25) is 0 Å². The summed E-state index contributed by atoms with van der Waals surface area (Å²) < 4.78 is 9.54. The maximum Gasteiger partial charge on any atom is 0.341 e. The highest BCUT2D eigenvalue weighted by Gasteiger charge is 2.32. The quantitative estimate of drug-likeness (QED) is 0.425. The Bertz CT molecular complexity index is 779. The summed E-state index contributed by atoms with van der Waals surface area (Å²) in [6.45, 7) is -0.807. The molecule has 0 atom stereocenters. The van der Waals surface area contributed by atoms with E-state index in [2.05, 4.69) is 10.1 Å². The Morgan fingerprint density at radius 2 is 2.16 bits per heavy atom. The minimum absolute atomic E-state index is 0.0918. The van der Waals surface area contributed by atoms with Crippen LogP contribution in [-0.4, -0.2) is 53.2 Å². The summed E-state index contributed by atoms with van der Waals surface area (Å²) >= 11 is 11.1. The Hall–Kier alpha value is -2.65. The summed E-state index contributed by atoms with van der Waals surface area (Å²) in [5.74, 6) is -1.98. The van der Waals surface area contributed by atoms with E-state index in [9.17, 15) is 14.4 Å². The monoisotopic (exact) mass is 384 g/mol. The number of benzene rings is 1. The molecule has 132 valence electrons. The van der Waals surface area contributed by atoms with E-state index in [0.29, 0.717) is 5.56 Å². The van der Waals surface area contributed by atoms with E-state index >= 15 is 0 Å². The SMILES string of the molecule is COC(=O)CN1C(=O)/C(=C/c2ccc(OCC(=O)O)c(Cl)c2)NC1=S. The van der Waals surface area contributed by atoms with Crippen LogP contribution in [0.15, 0.2) is 23.9 Å². The van der Waals surface area contributed by atoms with Gasteiger partial charge in [-0.3, -0.25) is 14.5 Å². The minimum atomic E-state index is -1.12. The molecule has 1 saturated heterocycles. The van der Waals surface area contributed by atoms with Crippen molar-refractivity contribution in [3.05, 3.63) is 34.5 Å². The van der Waals surface area contributed by atoms with Gasteiger partial charge >= 0.3 is 11.9 Å². The Balaban J connectivity index is 2.16. The van der Waals surface area contributed by atoms with Gasteiger partial charge in [-0.25, -0.2) is 4.79 Å². The van der Waals surface area contributed by atoms with Crippen molar-refractivity contribution in [3.63, 3.8) is 0 Å². The number of rotatable bonds is 6. The Kier molecular flexibility index (Phi) is 5.94. The first-order chi connectivity index (χ1) is 11.8. The zero-order valence-corrected chi connectivity index (χ0v) is 14.5. The average molecular weight is 385 g/mol. The number of hydrogen-bond acceptors (Lipinski definition) is 6. The maximum atomic E-state index is 12.3. The number of methoxy groups -OCH3 is 1. The number of hydrogen-bond donors (Lipinski definition) is 2. The summed E-state index contributed by atoms with van der Waals surface area (Å²) in [6.07, 6.45) is 1.50. The Morgan fingerprint density at radius 1 is 1.44 bits per heavy atom. The van der Waals surface area contributed by atoms with Crippen LogP contribution in [0.2, 0.25) is 5.02 Å². The lowest BCUT2D eigenvalue weighted by molar-refractivity contribution is -0.143. The molecule has 0 saturated carbocycles. The molecule has 1 aromatic rings. The number of esters is 1. The van der Waals surface area contributed by atoms with Crippen molar-refractivity contribution in [2.45, 2.75) is 0 Å². The lowest BCUT2D eigenvalue weighted by atomic mass is 10.2. The van der Waals surface area contributed by atoms with Crippen LogP contribution in [0.1, 0.15) is 5.56 Å². The van der Waals surface area contributed by atoms with Gasteiger partial charge in [0.05, 0.1) is 12.1 Å². The fraction of sp³-hybridized carbons (Fsp3) is 0.200. The van der Waals surface area contributed by atoms with Crippen LogP contribution >= 0.6 is 23.8 Å². The third-order valence-electron chi connectivity index (χ3n) is 3.10. The van der Waals surface area contributed by atoms with Gasteiger partial charge in [0, 0.05) is 0 Å². The zero-order valence-electron chi connectivity index (χ0n) is 12.9. The molecule has 0 bridgehead atoms. The highest BCUT2D eigenvalue weighted by atomic mass is 35.5. The molecule has 2 N–H and O–H groups in total. The fourth-order valence-electron chi connectivity index (χ4n) is 1.94. The fourth-order valence-corrected chi connectivity index (χ4v) is 2.44. The number of amides is 1. The number of ether oxygens (including phenoxy) is 2. The van der Waals surface area contributed by atoms with Gasteiger partial charge in [0.25, 0.3) is 5.91 Å². The summed E-state index contributed by atoms with van der Waals surface area (Å²) in [5.41, 5.74) is 0.732. The number of thiocarbonyl (C=S) groups is 1. The second-order valence-electron chi connectivity index (χ2n) is 4.83. The van der Waals surface area contributed by atoms with Crippen molar-refractivity contribution in [3.8, 4) is 5.75 Å². The molecule has 1 aliphatic rings. The van der Waals surface area contributed by atoms with E-state index in [-0.39, 0.29) is 28.1 Å². The normalized spacial score (nSPS) is 15.3. The van der Waals surface area contributed by atoms with Crippen molar-refractivity contribution < 1.29 is 29.0 Å². The number of nitrogens with zero attached hydrogens (tertiary/aromatic N) is 1. The molecular formula is C15H13ClN2O6S. The topological polar surface area (TPSA) is 105 Å². The van der Waals surface area contributed by atoms with E-state index in [4.69, 9.17) is 33.7 Å². The van der Waals surface area contributed by atoms with Crippen LogP contribution in [-0.2, 0) is 19.1 Å². The number of carbonyl (C=O) groups excluding carboxylic acids is 2. The number of carboxylic acids is 1. The van der Waals surface area contributed by atoms with Crippen molar-refractivity contribution >= 4 is 52.9 Å². The molecule has 1 fully saturated rings. The molecule has 0 aromatic heterocycles.